The van der Waals surface area contributed by atoms with Crippen molar-refractivity contribution in [2.24, 2.45) is 0 Å². The summed E-state index contributed by atoms with van der Waals surface area (Å²) in [6, 6.07) is 0. The van der Waals surface area contributed by atoms with Crippen LogP contribution in [-0.2, 0) is 9.59 Å². The minimum atomic E-state index is -0.0979. The number of alkyl halides is 2. The van der Waals surface area contributed by atoms with Crippen LogP contribution < -0.4 is 0 Å². The van der Waals surface area contributed by atoms with Crippen LogP contribution in [0.3, 0.4) is 0 Å². The van der Waals surface area contributed by atoms with E-state index in [1.165, 1.54) is 0 Å². The molecule has 1 rings (SSSR count). The average Bonchev–Trinajstić information content (AvgIpc) is 2.44. The Morgan fingerprint density at radius 3 is 1.39 bits per heavy atom. The summed E-state index contributed by atoms with van der Waals surface area (Å²) in [6.07, 6.45) is 1.58. The summed E-state index contributed by atoms with van der Waals surface area (Å²) in [4.78, 5) is 27.4. The number of rotatable bonds is 4. The fraction of sp³-hybridized carbons (Fsp3) is 0.833. The lowest BCUT2D eigenvalue weighted by Gasteiger charge is -2.36. The Labute approximate surface area is 125 Å². The van der Waals surface area contributed by atoms with Gasteiger partial charge in [0.25, 0.3) is 0 Å². The van der Waals surface area contributed by atoms with E-state index in [2.05, 4.69) is 31.9 Å². The maximum Gasteiger partial charge on any atom is 0.236 e. The second-order valence-corrected chi connectivity index (χ2v) is 6.61. The molecule has 0 radical (unpaired) electrons. The lowest BCUT2D eigenvalue weighted by Crippen LogP contribution is -2.53. The molecule has 0 aromatic carbocycles. The summed E-state index contributed by atoms with van der Waals surface area (Å²) >= 11 is 6.75. The van der Waals surface area contributed by atoms with Crippen LogP contribution in [0.5, 0.6) is 0 Å². The van der Waals surface area contributed by atoms with Crippen molar-refractivity contribution in [1.29, 1.82) is 0 Å². The van der Waals surface area contributed by atoms with Crippen molar-refractivity contribution in [3.63, 3.8) is 0 Å². The molecule has 4 nitrogen and oxygen atoms in total. The Morgan fingerprint density at radius 1 is 0.889 bits per heavy atom. The van der Waals surface area contributed by atoms with E-state index in [-0.39, 0.29) is 21.5 Å². The van der Waals surface area contributed by atoms with Gasteiger partial charge in [-0.05, 0) is 12.8 Å². The SMILES string of the molecule is CC[C@@H](Br)C(=O)N1CCN(C(=O)[C@H](Br)CC)CC1. The second kappa shape index (κ2) is 7.48. The van der Waals surface area contributed by atoms with Gasteiger partial charge in [0.2, 0.25) is 11.8 Å². The van der Waals surface area contributed by atoms with Gasteiger partial charge in [-0.3, -0.25) is 9.59 Å². The molecule has 6 heteroatoms. The van der Waals surface area contributed by atoms with E-state index < -0.39 is 0 Å². The van der Waals surface area contributed by atoms with E-state index in [0.717, 1.165) is 12.8 Å². The van der Waals surface area contributed by atoms with Gasteiger partial charge in [0.15, 0.2) is 0 Å². The third kappa shape index (κ3) is 3.95. The van der Waals surface area contributed by atoms with Crippen LogP contribution in [0, 0.1) is 0 Å². The lowest BCUT2D eigenvalue weighted by molar-refractivity contribution is -0.138. The standard InChI is InChI=1S/C12H20Br2N2O2/c1-3-9(13)11(17)15-5-7-16(8-6-15)12(18)10(14)4-2/h9-10H,3-8H2,1-2H3/t9-,10-/m1/s1. The van der Waals surface area contributed by atoms with Crippen LogP contribution >= 0.6 is 31.9 Å². The number of piperazine rings is 1. The van der Waals surface area contributed by atoms with Crippen LogP contribution in [0.2, 0.25) is 0 Å². The van der Waals surface area contributed by atoms with E-state index in [1.54, 1.807) is 0 Å². The van der Waals surface area contributed by atoms with E-state index in [0.29, 0.717) is 26.2 Å². The molecule has 0 N–H and O–H groups in total. The molecule has 0 saturated carbocycles. The molecule has 104 valence electrons. The summed E-state index contributed by atoms with van der Waals surface area (Å²) in [5.74, 6) is 0.269. The number of nitrogens with zero attached hydrogens (tertiary/aromatic N) is 2. The summed E-state index contributed by atoms with van der Waals surface area (Å²) in [5, 5.41) is 0. The first-order chi connectivity index (χ1) is 8.51. The van der Waals surface area contributed by atoms with Crippen LogP contribution in [0.1, 0.15) is 26.7 Å². The van der Waals surface area contributed by atoms with E-state index in [1.807, 2.05) is 23.6 Å². The molecular weight excluding hydrogens is 364 g/mol. The summed E-state index contributed by atoms with van der Waals surface area (Å²) in [6.45, 7) is 6.50. The number of hydrogen-bond donors (Lipinski definition) is 0. The fourth-order valence-corrected chi connectivity index (χ4v) is 2.47. The van der Waals surface area contributed by atoms with Gasteiger partial charge in [-0.15, -0.1) is 0 Å². The highest BCUT2D eigenvalue weighted by Crippen LogP contribution is 2.14. The van der Waals surface area contributed by atoms with Gasteiger partial charge in [-0.25, -0.2) is 0 Å². The molecule has 0 bridgehead atoms. The Balaban J connectivity index is 2.46. The van der Waals surface area contributed by atoms with Gasteiger partial charge < -0.3 is 9.80 Å². The molecule has 2 atom stereocenters. The van der Waals surface area contributed by atoms with Crippen molar-refractivity contribution < 1.29 is 9.59 Å². The monoisotopic (exact) mass is 382 g/mol. The molecule has 0 unspecified atom stereocenters. The van der Waals surface area contributed by atoms with Crippen molar-refractivity contribution in [2.45, 2.75) is 36.3 Å². The number of carbonyl (C=O) groups is 2. The molecule has 1 fully saturated rings. The Hall–Kier alpha value is -0.100. The number of hydrogen-bond acceptors (Lipinski definition) is 2. The minimum absolute atomic E-state index is 0.0979. The zero-order chi connectivity index (χ0) is 13.7. The molecule has 1 aliphatic heterocycles. The number of carbonyl (C=O) groups excluding carboxylic acids is 2. The van der Waals surface area contributed by atoms with Crippen LogP contribution in [0.15, 0.2) is 0 Å². The Bertz CT molecular complexity index is 274. The highest BCUT2D eigenvalue weighted by atomic mass is 79.9. The minimum Gasteiger partial charge on any atom is -0.338 e. The molecule has 0 aliphatic carbocycles. The maximum absolute atomic E-state index is 12.0. The molecule has 1 saturated heterocycles. The van der Waals surface area contributed by atoms with Gasteiger partial charge in [-0.2, -0.15) is 0 Å². The fourth-order valence-electron chi connectivity index (χ4n) is 1.89. The zero-order valence-corrected chi connectivity index (χ0v) is 14.0. The van der Waals surface area contributed by atoms with E-state index in [9.17, 15) is 9.59 Å². The van der Waals surface area contributed by atoms with Gasteiger partial charge >= 0.3 is 0 Å². The van der Waals surface area contributed by atoms with E-state index >= 15 is 0 Å². The van der Waals surface area contributed by atoms with Gasteiger partial charge in [0.05, 0.1) is 9.65 Å². The molecule has 1 aliphatic rings. The molecule has 1 heterocycles. The number of amides is 2. The summed E-state index contributed by atoms with van der Waals surface area (Å²) in [7, 11) is 0. The van der Waals surface area contributed by atoms with Crippen LogP contribution in [0.4, 0.5) is 0 Å². The van der Waals surface area contributed by atoms with Crippen molar-refractivity contribution >= 4 is 43.7 Å². The van der Waals surface area contributed by atoms with Crippen LogP contribution in [-0.4, -0.2) is 57.4 Å². The zero-order valence-electron chi connectivity index (χ0n) is 10.9. The van der Waals surface area contributed by atoms with Crippen LogP contribution in [0.25, 0.3) is 0 Å². The van der Waals surface area contributed by atoms with Crippen molar-refractivity contribution in [2.75, 3.05) is 26.2 Å². The van der Waals surface area contributed by atoms with Crippen molar-refractivity contribution in [3.8, 4) is 0 Å². The predicted octanol–water partition coefficient (Wildman–Crippen LogP) is 2.00. The van der Waals surface area contributed by atoms with Gasteiger partial charge in [0, 0.05) is 26.2 Å². The smallest absolute Gasteiger partial charge is 0.236 e. The molecule has 18 heavy (non-hydrogen) atoms. The lowest BCUT2D eigenvalue weighted by atomic mass is 10.2. The summed E-state index contributed by atoms with van der Waals surface area (Å²) in [5.41, 5.74) is 0. The molecule has 0 aromatic rings. The first-order valence-electron chi connectivity index (χ1n) is 6.36. The highest BCUT2D eigenvalue weighted by molar-refractivity contribution is 9.10. The van der Waals surface area contributed by atoms with Gasteiger partial charge in [-0.1, -0.05) is 45.7 Å². The quantitative estimate of drug-likeness (QED) is 0.696. The Morgan fingerprint density at radius 2 is 1.17 bits per heavy atom. The third-order valence-corrected chi connectivity index (χ3v) is 5.23. The first kappa shape index (κ1) is 16.0. The predicted molar refractivity (Wildman–Crippen MR) is 79.2 cm³/mol. The first-order valence-corrected chi connectivity index (χ1v) is 8.20. The molecular formula is C12H20Br2N2O2. The third-order valence-electron chi connectivity index (χ3n) is 3.16. The number of halogens is 2. The normalized spacial score (nSPS) is 19.6. The molecule has 2 amide bonds. The van der Waals surface area contributed by atoms with Crippen molar-refractivity contribution in [1.82, 2.24) is 9.80 Å². The molecule has 0 aromatic heterocycles. The Kier molecular flexibility index (Phi) is 6.63. The maximum atomic E-state index is 12.0. The average molecular weight is 384 g/mol. The van der Waals surface area contributed by atoms with E-state index in [4.69, 9.17) is 0 Å². The largest absolute Gasteiger partial charge is 0.338 e. The highest BCUT2D eigenvalue weighted by Gasteiger charge is 2.28. The second-order valence-electron chi connectivity index (χ2n) is 4.40. The van der Waals surface area contributed by atoms with Crippen molar-refractivity contribution in [3.05, 3.63) is 0 Å². The molecule has 0 spiro atoms. The summed E-state index contributed by atoms with van der Waals surface area (Å²) < 4.78 is 0. The topological polar surface area (TPSA) is 40.6 Å². The van der Waals surface area contributed by atoms with Gasteiger partial charge in [0.1, 0.15) is 0 Å².